The number of hydrogen-bond acceptors (Lipinski definition) is 7. The van der Waals surface area contributed by atoms with Crippen LogP contribution in [0.15, 0.2) is 53.0 Å². The summed E-state index contributed by atoms with van der Waals surface area (Å²) in [5, 5.41) is 14.9. The molecule has 4 rings (SSSR count). The zero-order valence-corrected chi connectivity index (χ0v) is 21.6. The first-order chi connectivity index (χ1) is 16.4. The van der Waals surface area contributed by atoms with E-state index in [0.717, 1.165) is 33.5 Å². The van der Waals surface area contributed by atoms with E-state index in [-0.39, 0.29) is 11.7 Å². The minimum absolute atomic E-state index is 0.118. The van der Waals surface area contributed by atoms with Crippen molar-refractivity contribution < 1.29 is 4.79 Å². The fourth-order valence-electron chi connectivity index (χ4n) is 3.47. The van der Waals surface area contributed by atoms with Gasteiger partial charge in [-0.25, -0.2) is 4.98 Å². The molecule has 2 aromatic heterocycles. The van der Waals surface area contributed by atoms with Gasteiger partial charge in [-0.3, -0.25) is 4.79 Å². The third-order valence-electron chi connectivity index (χ3n) is 5.54. The number of carbonyl (C=O) groups is 1. The highest BCUT2D eigenvalue weighted by molar-refractivity contribution is 7.99. The number of thiazole rings is 1. The van der Waals surface area contributed by atoms with Crippen LogP contribution in [0.3, 0.4) is 0 Å². The van der Waals surface area contributed by atoms with Crippen LogP contribution < -0.4 is 10.2 Å². The molecule has 0 aliphatic carbocycles. The first-order valence-electron chi connectivity index (χ1n) is 11.0. The molecule has 0 saturated heterocycles. The first-order valence-corrected chi connectivity index (χ1v) is 12.9. The zero-order chi connectivity index (χ0) is 24.2. The molecule has 176 valence electrons. The van der Waals surface area contributed by atoms with Crippen LogP contribution in [0.5, 0.6) is 0 Å². The monoisotopic (exact) mass is 492 g/mol. The number of aromatic nitrogens is 4. The lowest BCUT2D eigenvalue weighted by molar-refractivity contribution is -0.113. The highest BCUT2D eigenvalue weighted by Crippen LogP contribution is 2.28. The summed E-state index contributed by atoms with van der Waals surface area (Å²) < 4.78 is 2.04. The predicted molar refractivity (Wildman–Crippen MR) is 142 cm³/mol. The molecule has 7 nitrogen and oxygen atoms in total. The maximum Gasteiger partial charge on any atom is 0.236 e. The third-order valence-corrected chi connectivity index (χ3v) is 7.26. The van der Waals surface area contributed by atoms with E-state index < -0.39 is 0 Å². The smallest absolute Gasteiger partial charge is 0.236 e. The van der Waals surface area contributed by atoms with Gasteiger partial charge in [-0.2, -0.15) is 0 Å². The van der Waals surface area contributed by atoms with Crippen molar-refractivity contribution in [2.45, 2.75) is 32.5 Å². The Balaban J connectivity index is 1.41. The summed E-state index contributed by atoms with van der Waals surface area (Å²) in [5.74, 6) is 0.911. The topological polar surface area (TPSA) is 75.9 Å². The molecule has 0 aliphatic heterocycles. The van der Waals surface area contributed by atoms with Crippen molar-refractivity contribution in [2.75, 3.05) is 30.1 Å². The van der Waals surface area contributed by atoms with Crippen LogP contribution in [0.2, 0.25) is 0 Å². The van der Waals surface area contributed by atoms with Crippen molar-refractivity contribution in [2.24, 2.45) is 0 Å². The van der Waals surface area contributed by atoms with E-state index in [1.165, 1.54) is 34.2 Å². The van der Waals surface area contributed by atoms with E-state index in [1.807, 2.05) is 36.2 Å². The Morgan fingerprint density at radius 2 is 1.91 bits per heavy atom. The van der Waals surface area contributed by atoms with Crippen molar-refractivity contribution in [1.82, 2.24) is 19.7 Å². The summed E-state index contributed by atoms with van der Waals surface area (Å²) in [4.78, 5) is 19.2. The highest BCUT2D eigenvalue weighted by Gasteiger charge is 2.16. The van der Waals surface area contributed by atoms with Gasteiger partial charge in [-0.1, -0.05) is 36.0 Å². The van der Waals surface area contributed by atoms with E-state index in [9.17, 15) is 4.79 Å². The van der Waals surface area contributed by atoms with Gasteiger partial charge in [0.25, 0.3) is 0 Å². The summed E-state index contributed by atoms with van der Waals surface area (Å²) in [7, 11) is 4.02. The fourth-order valence-corrected chi connectivity index (χ4v) is 5.01. The number of anilines is 2. The summed E-state index contributed by atoms with van der Waals surface area (Å²) in [6.07, 6.45) is 0. The highest BCUT2D eigenvalue weighted by atomic mass is 32.2. The van der Waals surface area contributed by atoms with Crippen molar-refractivity contribution in [3.05, 3.63) is 59.0 Å². The first kappa shape index (κ1) is 24.0. The van der Waals surface area contributed by atoms with Gasteiger partial charge in [0.1, 0.15) is 0 Å². The minimum atomic E-state index is -0.118. The SMILES string of the molecule is CCn1c(SCC(=O)Nc2nc(-c3ccc(C)c(C)c3)cs2)nnc1-c1cccc(N(C)C)c1. The molecule has 0 bridgehead atoms. The second-order valence-corrected chi connectivity index (χ2v) is 9.97. The number of thioether (sulfide) groups is 1. The average Bonchev–Trinajstić information content (AvgIpc) is 3.46. The predicted octanol–water partition coefficient (Wildman–Crippen LogP) is 5.50. The summed E-state index contributed by atoms with van der Waals surface area (Å²) in [5.41, 5.74) is 6.49. The number of nitrogens with one attached hydrogen (secondary N) is 1. The Morgan fingerprint density at radius 1 is 1.09 bits per heavy atom. The zero-order valence-electron chi connectivity index (χ0n) is 20.0. The van der Waals surface area contributed by atoms with Crippen molar-refractivity contribution in [3.63, 3.8) is 0 Å². The molecule has 4 aromatic rings. The Bertz CT molecular complexity index is 1310. The van der Waals surface area contributed by atoms with Crippen LogP contribution in [-0.2, 0) is 11.3 Å². The van der Waals surface area contributed by atoms with E-state index >= 15 is 0 Å². The molecule has 0 unspecified atom stereocenters. The molecular formula is C25H28N6OS2. The maximum absolute atomic E-state index is 12.6. The summed E-state index contributed by atoms with van der Waals surface area (Å²) >= 11 is 2.80. The van der Waals surface area contributed by atoms with E-state index in [1.54, 1.807) is 0 Å². The van der Waals surface area contributed by atoms with Crippen LogP contribution in [0, 0.1) is 13.8 Å². The molecule has 0 saturated carbocycles. The lowest BCUT2D eigenvalue weighted by atomic mass is 10.1. The molecule has 1 amide bonds. The third kappa shape index (κ3) is 5.31. The van der Waals surface area contributed by atoms with Crippen LogP contribution in [0.1, 0.15) is 18.1 Å². The lowest BCUT2D eigenvalue weighted by Gasteiger charge is -2.14. The van der Waals surface area contributed by atoms with Crippen molar-refractivity contribution >= 4 is 39.8 Å². The number of amides is 1. The molecule has 2 heterocycles. The second-order valence-electron chi connectivity index (χ2n) is 8.17. The molecular weight excluding hydrogens is 464 g/mol. The number of hydrogen-bond donors (Lipinski definition) is 1. The molecule has 0 radical (unpaired) electrons. The number of rotatable bonds is 8. The van der Waals surface area contributed by atoms with Crippen LogP contribution in [0.4, 0.5) is 10.8 Å². The van der Waals surface area contributed by atoms with Crippen molar-refractivity contribution in [1.29, 1.82) is 0 Å². The number of aryl methyl sites for hydroxylation is 2. The number of carbonyl (C=O) groups excluding carboxylic acids is 1. The molecule has 0 fully saturated rings. The standard InChI is InChI=1S/C25H28N6OS2/c1-6-31-23(19-8-7-9-20(13-19)30(4)5)28-29-25(31)34-15-22(32)27-24-26-21(14-33-24)18-11-10-16(2)17(3)12-18/h7-14H,6,15H2,1-5H3,(H,26,27,32). The Labute approximate surface area is 208 Å². The summed E-state index contributed by atoms with van der Waals surface area (Å²) in [6.45, 7) is 6.94. The van der Waals surface area contributed by atoms with Gasteiger partial charge in [0.2, 0.25) is 5.91 Å². The van der Waals surface area contributed by atoms with Gasteiger partial charge in [0, 0.05) is 42.8 Å². The molecule has 0 aliphatic rings. The van der Waals surface area contributed by atoms with Crippen molar-refractivity contribution in [3.8, 4) is 22.6 Å². The molecule has 2 aromatic carbocycles. The van der Waals surface area contributed by atoms with Gasteiger partial charge in [0.15, 0.2) is 16.1 Å². The Morgan fingerprint density at radius 3 is 2.65 bits per heavy atom. The Hall–Kier alpha value is -3.17. The van der Waals surface area contributed by atoms with Gasteiger partial charge in [-0.05, 0) is 50.1 Å². The number of nitrogens with zero attached hydrogens (tertiary/aromatic N) is 5. The van der Waals surface area contributed by atoms with Gasteiger partial charge < -0.3 is 14.8 Å². The van der Waals surface area contributed by atoms with Gasteiger partial charge in [-0.15, -0.1) is 21.5 Å². The van der Waals surface area contributed by atoms with Crippen LogP contribution in [0.25, 0.3) is 22.6 Å². The molecule has 34 heavy (non-hydrogen) atoms. The molecule has 0 atom stereocenters. The second kappa shape index (κ2) is 10.4. The molecule has 9 heteroatoms. The van der Waals surface area contributed by atoms with E-state index in [0.29, 0.717) is 11.7 Å². The quantitative estimate of drug-likeness (QED) is 0.327. The van der Waals surface area contributed by atoms with Gasteiger partial charge >= 0.3 is 0 Å². The molecule has 1 N–H and O–H groups in total. The average molecular weight is 493 g/mol. The minimum Gasteiger partial charge on any atom is -0.378 e. The largest absolute Gasteiger partial charge is 0.378 e. The van der Waals surface area contributed by atoms with Crippen LogP contribution in [-0.4, -0.2) is 45.5 Å². The Kier molecular flexibility index (Phi) is 7.33. The molecule has 0 spiro atoms. The van der Waals surface area contributed by atoms with E-state index in [2.05, 4.69) is 76.5 Å². The van der Waals surface area contributed by atoms with E-state index in [4.69, 9.17) is 0 Å². The van der Waals surface area contributed by atoms with Crippen LogP contribution >= 0.6 is 23.1 Å². The maximum atomic E-state index is 12.6. The summed E-state index contributed by atoms with van der Waals surface area (Å²) in [6, 6.07) is 14.5. The lowest BCUT2D eigenvalue weighted by Crippen LogP contribution is -2.14. The number of benzene rings is 2. The fraction of sp³-hybridized carbons (Fsp3) is 0.280. The van der Waals surface area contributed by atoms with Gasteiger partial charge in [0.05, 0.1) is 11.4 Å². The normalized spacial score (nSPS) is 11.0.